The van der Waals surface area contributed by atoms with E-state index in [4.69, 9.17) is 5.84 Å². The van der Waals surface area contributed by atoms with E-state index in [0.717, 1.165) is 5.69 Å². The zero-order chi connectivity index (χ0) is 14.7. The summed E-state index contributed by atoms with van der Waals surface area (Å²) < 4.78 is 1.31. The van der Waals surface area contributed by atoms with Gasteiger partial charge in [-0.3, -0.25) is 15.0 Å². The highest BCUT2D eigenvalue weighted by molar-refractivity contribution is 7.12. The van der Waals surface area contributed by atoms with Gasteiger partial charge in [0.2, 0.25) is 0 Å². The van der Waals surface area contributed by atoms with Crippen LogP contribution in [-0.4, -0.2) is 29.8 Å². The topological polar surface area (TPSA) is 93.2 Å². The van der Waals surface area contributed by atoms with Gasteiger partial charge in [-0.15, -0.1) is 11.3 Å². The van der Waals surface area contributed by atoms with E-state index in [1.807, 2.05) is 14.1 Å². The van der Waals surface area contributed by atoms with E-state index in [1.54, 1.807) is 22.5 Å². The normalized spacial score (nSPS) is 10.3. The van der Waals surface area contributed by atoms with Gasteiger partial charge in [-0.1, -0.05) is 0 Å². The van der Waals surface area contributed by atoms with Crippen LogP contribution in [0.15, 0.2) is 28.5 Å². The van der Waals surface area contributed by atoms with E-state index in [2.05, 4.69) is 10.5 Å². The molecule has 2 aromatic rings. The molecule has 0 radical (unpaired) electrons. The maximum Gasteiger partial charge on any atom is 0.275 e. The summed E-state index contributed by atoms with van der Waals surface area (Å²) in [5.74, 6) is 4.76. The number of nitrogen functional groups attached to an aromatic ring is 1. The molecule has 106 valence electrons. The van der Waals surface area contributed by atoms with E-state index in [9.17, 15) is 9.59 Å². The lowest BCUT2D eigenvalue weighted by atomic mass is 10.2. The SMILES string of the molecule is CN(C)c1cnn(Cc2ccsc2C(=O)NN)c(=O)c1. The molecule has 0 bridgehead atoms. The quantitative estimate of drug-likeness (QED) is 0.471. The molecule has 7 nitrogen and oxygen atoms in total. The Kier molecular flexibility index (Phi) is 4.16. The number of carbonyl (C=O) groups excluding carboxylic acids is 1. The van der Waals surface area contributed by atoms with Gasteiger partial charge in [-0.25, -0.2) is 10.5 Å². The Morgan fingerprint density at radius 1 is 1.55 bits per heavy atom. The van der Waals surface area contributed by atoms with Gasteiger partial charge in [0.15, 0.2) is 0 Å². The van der Waals surface area contributed by atoms with Crippen molar-refractivity contribution >= 4 is 22.9 Å². The number of nitrogens with two attached hydrogens (primary N) is 1. The summed E-state index contributed by atoms with van der Waals surface area (Å²) in [6, 6.07) is 3.28. The molecule has 2 heterocycles. The lowest BCUT2D eigenvalue weighted by Gasteiger charge is -2.12. The number of rotatable bonds is 4. The molecule has 0 spiro atoms. The Balaban J connectivity index is 2.29. The third-order valence-electron chi connectivity index (χ3n) is 2.78. The molecule has 2 rings (SSSR count). The maximum atomic E-state index is 12.0. The summed E-state index contributed by atoms with van der Waals surface area (Å²) in [4.78, 5) is 25.8. The molecule has 0 saturated carbocycles. The number of hydrogen-bond donors (Lipinski definition) is 2. The number of nitrogens with one attached hydrogen (secondary N) is 1. The molecule has 0 saturated heterocycles. The maximum absolute atomic E-state index is 12.0. The number of aromatic nitrogens is 2. The van der Waals surface area contributed by atoms with Crippen LogP contribution in [0.3, 0.4) is 0 Å². The van der Waals surface area contributed by atoms with Gasteiger partial charge in [-0.05, 0) is 17.0 Å². The molecule has 2 aromatic heterocycles. The number of hydrogen-bond acceptors (Lipinski definition) is 6. The number of carbonyl (C=O) groups is 1. The smallest absolute Gasteiger partial charge is 0.275 e. The Labute approximate surface area is 119 Å². The number of amides is 1. The van der Waals surface area contributed by atoms with Gasteiger partial charge in [-0.2, -0.15) is 5.10 Å². The zero-order valence-corrected chi connectivity index (χ0v) is 12.0. The van der Waals surface area contributed by atoms with Gasteiger partial charge in [0, 0.05) is 20.2 Å². The summed E-state index contributed by atoms with van der Waals surface area (Å²) in [5, 5.41) is 5.88. The average molecular weight is 293 g/mol. The Morgan fingerprint density at radius 2 is 2.30 bits per heavy atom. The van der Waals surface area contributed by atoms with Crippen LogP contribution in [0.1, 0.15) is 15.2 Å². The first kappa shape index (κ1) is 14.2. The number of hydrazine groups is 1. The monoisotopic (exact) mass is 293 g/mol. The van der Waals surface area contributed by atoms with E-state index in [0.29, 0.717) is 10.4 Å². The largest absolute Gasteiger partial charge is 0.376 e. The number of nitrogens with zero attached hydrogens (tertiary/aromatic N) is 3. The second-order valence-electron chi connectivity index (χ2n) is 4.35. The molecular weight excluding hydrogens is 278 g/mol. The van der Waals surface area contributed by atoms with Crippen LogP contribution < -0.4 is 21.7 Å². The van der Waals surface area contributed by atoms with Crippen LogP contribution in [0.25, 0.3) is 0 Å². The van der Waals surface area contributed by atoms with Crippen LogP contribution in [0.2, 0.25) is 0 Å². The zero-order valence-electron chi connectivity index (χ0n) is 11.2. The Morgan fingerprint density at radius 3 is 2.90 bits per heavy atom. The van der Waals surface area contributed by atoms with Crippen LogP contribution in [0, 0.1) is 0 Å². The van der Waals surface area contributed by atoms with Crippen molar-refractivity contribution in [2.24, 2.45) is 5.84 Å². The molecule has 3 N–H and O–H groups in total. The van der Waals surface area contributed by atoms with E-state index in [1.165, 1.54) is 22.1 Å². The van der Waals surface area contributed by atoms with Gasteiger partial charge >= 0.3 is 0 Å². The van der Waals surface area contributed by atoms with Crippen molar-refractivity contribution in [1.82, 2.24) is 15.2 Å². The second-order valence-corrected chi connectivity index (χ2v) is 5.27. The van der Waals surface area contributed by atoms with Crippen molar-refractivity contribution in [3.05, 3.63) is 44.5 Å². The number of anilines is 1. The molecule has 0 unspecified atom stereocenters. The van der Waals surface area contributed by atoms with Gasteiger partial charge in [0.1, 0.15) is 0 Å². The fourth-order valence-corrected chi connectivity index (χ4v) is 2.49. The molecule has 0 aromatic carbocycles. The van der Waals surface area contributed by atoms with Crippen LogP contribution in [-0.2, 0) is 6.54 Å². The average Bonchev–Trinajstić information content (AvgIpc) is 2.88. The molecule has 0 aliphatic rings. The molecule has 0 aliphatic carbocycles. The standard InChI is InChI=1S/C12H15N5O2S/c1-16(2)9-5-10(18)17(14-6-9)7-8-3-4-20-11(8)12(19)15-13/h3-6H,7,13H2,1-2H3,(H,15,19). The van der Waals surface area contributed by atoms with Crippen molar-refractivity contribution in [2.75, 3.05) is 19.0 Å². The lowest BCUT2D eigenvalue weighted by molar-refractivity contribution is 0.0956. The minimum atomic E-state index is -0.368. The molecule has 0 atom stereocenters. The lowest BCUT2D eigenvalue weighted by Crippen LogP contribution is -2.31. The van der Waals surface area contributed by atoms with Gasteiger partial charge in [0.25, 0.3) is 11.5 Å². The first-order valence-corrected chi connectivity index (χ1v) is 6.72. The molecule has 1 amide bonds. The predicted octanol–water partition coefficient (Wildman–Crippen LogP) is 0.0226. The fraction of sp³-hybridized carbons (Fsp3) is 0.250. The summed E-state index contributed by atoms with van der Waals surface area (Å²) in [7, 11) is 3.67. The third-order valence-corrected chi connectivity index (χ3v) is 3.73. The van der Waals surface area contributed by atoms with Crippen molar-refractivity contribution < 1.29 is 4.79 Å². The Bertz CT molecular complexity index is 676. The first-order chi connectivity index (χ1) is 9.52. The first-order valence-electron chi connectivity index (χ1n) is 5.84. The Hall–Kier alpha value is -2.19. The highest BCUT2D eigenvalue weighted by atomic mass is 32.1. The second kappa shape index (κ2) is 5.85. The minimum Gasteiger partial charge on any atom is -0.376 e. The molecule has 0 aliphatic heterocycles. The highest BCUT2D eigenvalue weighted by Crippen LogP contribution is 2.17. The van der Waals surface area contributed by atoms with Crippen LogP contribution in [0.5, 0.6) is 0 Å². The van der Waals surface area contributed by atoms with Gasteiger partial charge < -0.3 is 4.90 Å². The summed E-state index contributed by atoms with van der Waals surface area (Å²) >= 11 is 1.27. The summed E-state index contributed by atoms with van der Waals surface area (Å²) in [6.45, 7) is 0.235. The van der Waals surface area contributed by atoms with Crippen LogP contribution >= 0.6 is 11.3 Å². The van der Waals surface area contributed by atoms with Crippen molar-refractivity contribution in [1.29, 1.82) is 0 Å². The van der Waals surface area contributed by atoms with E-state index < -0.39 is 0 Å². The molecule has 0 fully saturated rings. The molecule has 8 heteroatoms. The third kappa shape index (κ3) is 2.86. The number of thiophene rings is 1. The summed E-state index contributed by atoms with van der Waals surface area (Å²) in [6.07, 6.45) is 1.61. The highest BCUT2D eigenvalue weighted by Gasteiger charge is 2.13. The van der Waals surface area contributed by atoms with Crippen molar-refractivity contribution in [2.45, 2.75) is 6.54 Å². The summed E-state index contributed by atoms with van der Waals surface area (Å²) in [5.41, 5.74) is 3.31. The predicted molar refractivity (Wildman–Crippen MR) is 77.9 cm³/mol. The minimum absolute atomic E-state index is 0.221. The van der Waals surface area contributed by atoms with E-state index >= 15 is 0 Å². The van der Waals surface area contributed by atoms with Crippen molar-refractivity contribution in [3.63, 3.8) is 0 Å². The van der Waals surface area contributed by atoms with E-state index in [-0.39, 0.29) is 18.0 Å². The molecular formula is C12H15N5O2S. The van der Waals surface area contributed by atoms with Crippen molar-refractivity contribution in [3.8, 4) is 0 Å². The van der Waals surface area contributed by atoms with Gasteiger partial charge in [0.05, 0.1) is 23.3 Å². The fourth-order valence-electron chi connectivity index (χ4n) is 1.67. The van der Waals surface area contributed by atoms with Crippen LogP contribution in [0.4, 0.5) is 5.69 Å². The molecule has 20 heavy (non-hydrogen) atoms.